The smallest absolute Gasteiger partial charge is 0.272 e. The molecule has 1 saturated carbocycles. The van der Waals surface area contributed by atoms with Gasteiger partial charge in [-0.05, 0) is 24.5 Å². The van der Waals surface area contributed by atoms with E-state index in [9.17, 15) is 4.79 Å². The van der Waals surface area contributed by atoms with Gasteiger partial charge in [0.25, 0.3) is 5.91 Å². The van der Waals surface area contributed by atoms with Crippen LogP contribution in [-0.2, 0) is 17.9 Å². The summed E-state index contributed by atoms with van der Waals surface area (Å²) in [5, 5.41) is 7.65. The van der Waals surface area contributed by atoms with Crippen molar-refractivity contribution in [2.24, 2.45) is 0 Å². The molecule has 4 rings (SSSR count). The minimum atomic E-state index is -0.0555. The Kier molecular flexibility index (Phi) is 4.34. The molecule has 1 fully saturated rings. The first-order valence-electron chi connectivity index (χ1n) is 8.84. The molecule has 1 N–H and O–H groups in total. The second-order valence-corrected chi connectivity index (χ2v) is 6.72. The lowest BCUT2D eigenvalue weighted by Crippen LogP contribution is -2.36. The average molecular weight is 325 g/mol. The van der Waals surface area contributed by atoms with Crippen molar-refractivity contribution in [1.29, 1.82) is 0 Å². The van der Waals surface area contributed by atoms with Crippen LogP contribution in [0.1, 0.15) is 60.0 Å². The normalized spacial score (nSPS) is 21.2. The van der Waals surface area contributed by atoms with Crippen LogP contribution in [0.25, 0.3) is 0 Å². The zero-order valence-corrected chi connectivity index (χ0v) is 13.8. The molecule has 0 unspecified atom stereocenters. The van der Waals surface area contributed by atoms with E-state index in [1.54, 1.807) is 0 Å². The van der Waals surface area contributed by atoms with Gasteiger partial charge in [-0.2, -0.15) is 5.10 Å². The van der Waals surface area contributed by atoms with Crippen LogP contribution in [0.15, 0.2) is 36.4 Å². The van der Waals surface area contributed by atoms with E-state index in [-0.39, 0.29) is 12.0 Å². The van der Waals surface area contributed by atoms with Gasteiger partial charge in [-0.15, -0.1) is 0 Å². The molecule has 126 valence electrons. The lowest BCUT2D eigenvalue weighted by Gasteiger charge is -2.24. The number of hydrogen-bond acceptors (Lipinski definition) is 3. The summed E-state index contributed by atoms with van der Waals surface area (Å²) in [6.07, 6.45) is 5.85. The number of carbonyl (C=O) groups is 1. The first kappa shape index (κ1) is 15.4. The number of benzene rings is 1. The topological polar surface area (TPSA) is 56.2 Å². The number of amides is 1. The van der Waals surface area contributed by atoms with Crippen molar-refractivity contribution in [3.8, 4) is 0 Å². The number of nitrogens with zero attached hydrogens (tertiary/aromatic N) is 2. The lowest BCUT2D eigenvalue weighted by atomic mass is 9.95. The molecule has 0 spiro atoms. The van der Waals surface area contributed by atoms with Gasteiger partial charge in [-0.3, -0.25) is 9.48 Å². The van der Waals surface area contributed by atoms with Crippen LogP contribution in [0, 0.1) is 0 Å². The van der Waals surface area contributed by atoms with Gasteiger partial charge in [-0.25, -0.2) is 0 Å². The number of carbonyl (C=O) groups excluding carboxylic acids is 1. The van der Waals surface area contributed by atoms with Crippen LogP contribution >= 0.6 is 0 Å². The van der Waals surface area contributed by atoms with Gasteiger partial charge >= 0.3 is 0 Å². The first-order chi connectivity index (χ1) is 11.8. The molecule has 0 saturated heterocycles. The highest BCUT2D eigenvalue weighted by Crippen LogP contribution is 2.26. The van der Waals surface area contributed by atoms with Crippen LogP contribution in [0.5, 0.6) is 0 Å². The van der Waals surface area contributed by atoms with Crippen molar-refractivity contribution in [2.75, 3.05) is 0 Å². The highest BCUT2D eigenvalue weighted by atomic mass is 16.5. The van der Waals surface area contributed by atoms with Crippen molar-refractivity contribution in [1.82, 2.24) is 15.1 Å². The van der Waals surface area contributed by atoms with Gasteiger partial charge in [0.2, 0.25) is 0 Å². The van der Waals surface area contributed by atoms with Crippen molar-refractivity contribution in [3.63, 3.8) is 0 Å². The summed E-state index contributed by atoms with van der Waals surface area (Å²) < 4.78 is 7.85. The summed E-state index contributed by atoms with van der Waals surface area (Å²) in [5.41, 5.74) is 2.62. The third kappa shape index (κ3) is 3.22. The molecule has 1 atom stereocenters. The fourth-order valence-electron chi connectivity index (χ4n) is 3.61. The molecule has 1 aromatic carbocycles. The summed E-state index contributed by atoms with van der Waals surface area (Å²) in [7, 11) is 0. The van der Waals surface area contributed by atoms with Gasteiger partial charge < -0.3 is 10.1 Å². The van der Waals surface area contributed by atoms with E-state index in [1.165, 1.54) is 19.3 Å². The van der Waals surface area contributed by atoms with Crippen LogP contribution in [0.3, 0.4) is 0 Å². The first-order valence-corrected chi connectivity index (χ1v) is 8.84. The van der Waals surface area contributed by atoms with Gasteiger partial charge in [0.15, 0.2) is 5.69 Å². The molecule has 1 aromatic heterocycles. The molecule has 5 heteroatoms. The second-order valence-electron chi connectivity index (χ2n) is 6.72. The third-order valence-corrected chi connectivity index (χ3v) is 4.98. The SMILES string of the molecule is O=C(NC1CCCCC1)c1cc2n(n1)C[C@H](c1ccccc1)OC2. The summed E-state index contributed by atoms with van der Waals surface area (Å²) in [6, 6.07) is 12.3. The Morgan fingerprint density at radius 3 is 2.75 bits per heavy atom. The highest BCUT2D eigenvalue weighted by molar-refractivity contribution is 5.92. The van der Waals surface area contributed by atoms with E-state index in [4.69, 9.17) is 4.74 Å². The summed E-state index contributed by atoms with van der Waals surface area (Å²) in [5.74, 6) is -0.0555. The maximum absolute atomic E-state index is 12.5. The van der Waals surface area contributed by atoms with Crippen LogP contribution in [0.2, 0.25) is 0 Å². The predicted octanol–water partition coefficient (Wildman–Crippen LogP) is 3.22. The largest absolute Gasteiger partial charge is 0.365 e. The van der Waals surface area contributed by atoms with Crippen LogP contribution in [0.4, 0.5) is 0 Å². The molecule has 0 bridgehead atoms. The fraction of sp³-hybridized carbons (Fsp3) is 0.474. The molecule has 2 aromatic rings. The van der Waals surface area contributed by atoms with Crippen molar-refractivity contribution in [3.05, 3.63) is 53.3 Å². The third-order valence-electron chi connectivity index (χ3n) is 4.98. The van der Waals surface area contributed by atoms with Gasteiger partial charge in [0.1, 0.15) is 6.10 Å². The summed E-state index contributed by atoms with van der Waals surface area (Å²) in [4.78, 5) is 12.5. The predicted molar refractivity (Wildman–Crippen MR) is 90.5 cm³/mol. The number of ether oxygens (including phenoxy) is 1. The standard InChI is InChI=1S/C19H23N3O2/c23-19(20-15-9-5-2-6-10-15)17-11-16-13-24-18(12-22(16)21-17)14-7-3-1-4-8-14/h1,3-4,7-8,11,15,18H,2,5-6,9-10,12-13H2,(H,20,23)/t18-/m1/s1. The van der Waals surface area contributed by atoms with Crippen molar-refractivity contribution in [2.45, 2.75) is 57.4 Å². The Morgan fingerprint density at radius 2 is 1.96 bits per heavy atom. The molecule has 2 heterocycles. The number of nitrogens with one attached hydrogen (secondary N) is 1. The molecule has 2 aliphatic rings. The van der Waals surface area contributed by atoms with Gasteiger partial charge in [0.05, 0.1) is 18.8 Å². The molecule has 5 nitrogen and oxygen atoms in total. The number of hydrogen-bond donors (Lipinski definition) is 1. The Bertz CT molecular complexity index is 705. The van der Waals surface area contributed by atoms with E-state index >= 15 is 0 Å². The van der Waals surface area contributed by atoms with E-state index in [1.807, 2.05) is 28.9 Å². The molecule has 1 aliphatic heterocycles. The molecule has 1 amide bonds. The average Bonchev–Trinajstić information content (AvgIpc) is 3.07. The van der Waals surface area contributed by atoms with E-state index in [0.29, 0.717) is 24.9 Å². The van der Waals surface area contributed by atoms with Gasteiger partial charge in [-0.1, -0.05) is 49.6 Å². The Balaban J connectivity index is 1.45. The van der Waals surface area contributed by atoms with Gasteiger partial charge in [0, 0.05) is 6.04 Å². The number of fused-ring (bicyclic) bond motifs is 1. The Hall–Kier alpha value is -2.14. The van der Waals surface area contributed by atoms with Crippen molar-refractivity contribution < 1.29 is 9.53 Å². The monoisotopic (exact) mass is 325 g/mol. The zero-order valence-electron chi connectivity index (χ0n) is 13.8. The molecule has 0 radical (unpaired) electrons. The number of aromatic nitrogens is 2. The molecular formula is C19H23N3O2. The van der Waals surface area contributed by atoms with E-state index in [0.717, 1.165) is 24.1 Å². The van der Waals surface area contributed by atoms with E-state index in [2.05, 4.69) is 22.5 Å². The minimum Gasteiger partial charge on any atom is -0.365 e. The highest BCUT2D eigenvalue weighted by Gasteiger charge is 2.25. The zero-order chi connectivity index (χ0) is 16.4. The summed E-state index contributed by atoms with van der Waals surface area (Å²) in [6.45, 7) is 1.14. The lowest BCUT2D eigenvalue weighted by molar-refractivity contribution is -0.00119. The van der Waals surface area contributed by atoms with Crippen LogP contribution < -0.4 is 5.32 Å². The Morgan fingerprint density at radius 1 is 1.17 bits per heavy atom. The molecule has 1 aliphatic carbocycles. The van der Waals surface area contributed by atoms with Crippen LogP contribution in [-0.4, -0.2) is 21.7 Å². The fourth-order valence-corrected chi connectivity index (χ4v) is 3.61. The minimum absolute atomic E-state index is 0.00662. The maximum atomic E-state index is 12.5. The maximum Gasteiger partial charge on any atom is 0.272 e. The Labute approximate surface area is 142 Å². The van der Waals surface area contributed by atoms with E-state index < -0.39 is 0 Å². The molecule has 24 heavy (non-hydrogen) atoms. The second kappa shape index (κ2) is 6.77. The molecular weight excluding hydrogens is 302 g/mol. The summed E-state index contributed by atoms with van der Waals surface area (Å²) >= 11 is 0. The number of rotatable bonds is 3. The van der Waals surface area contributed by atoms with Crippen molar-refractivity contribution >= 4 is 5.91 Å². The quantitative estimate of drug-likeness (QED) is 0.943.